The van der Waals surface area contributed by atoms with E-state index in [1.165, 1.54) is 24.2 Å². The van der Waals surface area contributed by atoms with E-state index in [1.54, 1.807) is 0 Å². The molecule has 0 aromatic heterocycles. The van der Waals surface area contributed by atoms with Crippen molar-refractivity contribution in [1.29, 1.82) is 0 Å². The predicted molar refractivity (Wildman–Crippen MR) is 72.4 cm³/mol. The topological polar surface area (TPSA) is 3.24 Å². The van der Waals surface area contributed by atoms with Gasteiger partial charge in [-0.1, -0.05) is 44.5 Å². The molecule has 1 fully saturated rings. The van der Waals surface area contributed by atoms with Gasteiger partial charge in [0.1, 0.15) is 0 Å². The molecule has 0 atom stereocenters. The lowest BCUT2D eigenvalue weighted by molar-refractivity contribution is 0.189. The third kappa shape index (κ3) is 2.99. The molecule has 2 heteroatoms. The standard InChI is InChI=1S/C12H16ClN.C2H6/c1-3-9-6-10(4-5-12(9)13)11-7-14(2)8-11;1-2/h4-6,11H,3,7-8H2,1-2H3;1-2H3. The molecular weight excluding hydrogens is 218 g/mol. The molecule has 0 saturated carbocycles. The van der Waals surface area contributed by atoms with Crippen molar-refractivity contribution in [1.82, 2.24) is 4.90 Å². The Balaban J connectivity index is 0.000000606. The summed E-state index contributed by atoms with van der Waals surface area (Å²) in [7, 11) is 2.16. The van der Waals surface area contributed by atoms with Crippen LogP contribution in [0.25, 0.3) is 0 Å². The van der Waals surface area contributed by atoms with Gasteiger partial charge in [-0.2, -0.15) is 0 Å². The summed E-state index contributed by atoms with van der Waals surface area (Å²) in [6.07, 6.45) is 1.02. The summed E-state index contributed by atoms with van der Waals surface area (Å²) >= 11 is 6.08. The van der Waals surface area contributed by atoms with Crippen LogP contribution in [0.15, 0.2) is 18.2 Å². The van der Waals surface area contributed by atoms with E-state index in [0.717, 1.165) is 17.4 Å². The Kier molecular flexibility index (Phi) is 5.30. The molecular formula is C14H22ClN. The first-order chi connectivity index (χ1) is 7.70. The third-order valence-electron chi connectivity index (χ3n) is 2.99. The molecule has 0 N–H and O–H groups in total. The number of likely N-dealkylation sites (tertiary alicyclic amines) is 1. The monoisotopic (exact) mass is 239 g/mol. The first-order valence-electron chi connectivity index (χ1n) is 6.17. The number of rotatable bonds is 2. The Morgan fingerprint density at radius 2 is 1.94 bits per heavy atom. The molecule has 1 heterocycles. The molecule has 16 heavy (non-hydrogen) atoms. The molecule has 0 spiro atoms. The zero-order chi connectivity index (χ0) is 12.1. The van der Waals surface area contributed by atoms with Crippen LogP contribution in [-0.4, -0.2) is 25.0 Å². The maximum atomic E-state index is 6.08. The minimum absolute atomic E-state index is 0.725. The van der Waals surface area contributed by atoms with Crippen molar-refractivity contribution >= 4 is 11.6 Å². The highest BCUT2D eigenvalue weighted by Gasteiger charge is 2.24. The van der Waals surface area contributed by atoms with Crippen molar-refractivity contribution < 1.29 is 0 Å². The zero-order valence-electron chi connectivity index (χ0n) is 10.8. The number of benzene rings is 1. The molecule has 0 unspecified atom stereocenters. The van der Waals surface area contributed by atoms with Crippen molar-refractivity contribution in [2.24, 2.45) is 0 Å². The van der Waals surface area contributed by atoms with Crippen molar-refractivity contribution in [3.63, 3.8) is 0 Å². The van der Waals surface area contributed by atoms with Gasteiger partial charge < -0.3 is 4.90 Å². The van der Waals surface area contributed by atoms with Crippen LogP contribution in [0, 0.1) is 0 Å². The summed E-state index contributed by atoms with van der Waals surface area (Å²) in [5, 5.41) is 0.906. The minimum Gasteiger partial charge on any atom is -0.305 e. The summed E-state index contributed by atoms with van der Waals surface area (Å²) in [5.74, 6) is 0.725. The van der Waals surface area contributed by atoms with Crippen LogP contribution in [0.4, 0.5) is 0 Å². The molecule has 0 amide bonds. The van der Waals surface area contributed by atoms with Crippen LogP contribution < -0.4 is 0 Å². The fourth-order valence-corrected chi connectivity index (χ4v) is 2.28. The summed E-state index contributed by atoms with van der Waals surface area (Å²) in [6, 6.07) is 6.47. The molecule has 2 rings (SSSR count). The van der Waals surface area contributed by atoms with Crippen molar-refractivity contribution in [2.45, 2.75) is 33.1 Å². The van der Waals surface area contributed by atoms with Gasteiger partial charge in [-0.15, -0.1) is 0 Å². The molecule has 1 nitrogen and oxygen atoms in total. The molecule has 1 aromatic carbocycles. The van der Waals surface area contributed by atoms with E-state index in [2.05, 4.69) is 31.0 Å². The van der Waals surface area contributed by atoms with Crippen molar-refractivity contribution in [2.75, 3.05) is 20.1 Å². The van der Waals surface area contributed by atoms with Crippen LogP contribution in [0.5, 0.6) is 0 Å². The average Bonchev–Trinajstić information content (AvgIpc) is 2.29. The van der Waals surface area contributed by atoms with Gasteiger partial charge in [0.05, 0.1) is 0 Å². The highest BCUT2D eigenvalue weighted by Crippen LogP contribution is 2.28. The number of hydrogen-bond donors (Lipinski definition) is 0. The molecule has 0 radical (unpaired) electrons. The van der Waals surface area contributed by atoms with E-state index in [9.17, 15) is 0 Å². The Labute approximate surface area is 104 Å². The quantitative estimate of drug-likeness (QED) is 0.755. The minimum atomic E-state index is 0.725. The summed E-state index contributed by atoms with van der Waals surface area (Å²) in [4.78, 5) is 2.34. The van der Waals surface area contributed by atoms with Crippen LogP contribution >= 0.6 is 11.6 Å². The highest BCUT2D eigenvalue weighted by atomic mass is 35.5. The van der Waals surface area contributed by atoms with Crippen LogP contribution in [0.2, 0.25) is 5.02 Å². The molecule has 0 aliphatic carbocycles. The van der Waals surface area contributed by atoms with Crippen LogP contribution in [0.1, 0.15) is 37.8 Å². The third-order valence-corrected chi connectivity index (χ3v) is 3.35. The summed E-state index contributed by atoms with van der Waals surface area (Å²) < 4.78 is 0. The smallest absolute Gasteiger partial charge is 0.0438 e. The number of halogens is 1. The van der Waals surface area contributed by atoms with Gasteiger partial charge in [0.15, 0.2) is 0 Å². The van der Waals surface area contributed by atoms with E-state index in [4.69, 9.17) is 11.6 Å². The normalized spacial score (nSPS) is 16.3. The lowest BCUT2D eigenvalue weighted by Crippen LogP contribution is -2.41. The number of nitrogens with zero attached hydrogens (tertiary/aromatic N) is 1. The number of likely N-dealkylation sites (N-methyl/N-ethyl adjacent to an activating group) is 1. The van der Waals surface area contributed by atoms with E-state index in [1.807, 2.05) is 19.9 Å². The van der Waals surface area contributed by atoms with Crippen LogP contribution in [-0.2, 0) is 6.42 Å². The van der Waals surface area contributed by atoms with Crippen molar-refractivity contribution in [3.05, 3.63) is 34.3 Å². The van der Waals surface area contributed by atoms with Gasteiger partial charge in [-0.3, -0.25) is 0 Å². The fourth-order valence-electron chi connectivity index (χ4n) is 2.03. The van der Waals surface area contributed by atoms with E-state index in [0.29, 0.717) is 0 Å². The fraction of sp³-hybridized carbons (Fsp3) is 0.571. The van der Waals surface area contributed by atoms with Gasteiger partial charge >= 0.3 is 0 Å². The molecule has 90 valence electrons. The van der Waals surface area contributed by atoms with Gasteiger partial charge in [-0.25, -0.2) is 0 Å². The maximum absolute atomic E-state index is 6.08. The Hall–Kier alpha value is -0.530. The number of aryl methyl sites for hydroxylation is 1. The van der Waals surface area contributed by atoms with Gasteiger partial charge in [0.25, 0.3) is 0 Å². The van der Waals surface area contributed by atoms with E-state index in [-0.39, 0.29) is 0 Å². The maximum Gasteiger partial charge on any atom is 0.0438 e. The van der Waals surface area contributed by atoms with Crippen LogP contribution in [0.3, 0.4) is 0 Å². The second-order valence-electron chi connectivity index (χ2n) is 4.12. The zero-order valence-corrected chi connectivity index (χ0v) is 11.5. The highest BCUT2D eigenvalue weighted by molar-refractivity contribution is 6.31. The van der Waals surface area contributed by atoms with Gasteiger partial charge in [0, 0.05) is 24.0 Å². The SMILES string of the molecule is CC.CCc1cc(C2CN(C)C2)ccc1Cl. The van der Waals surface area contributed by atoms with E-state index >= 15 is 0 Å². The Morgan fingerprint density at radius 3 is 2.44 bits per heavy atom. The number of hydrogen-bond acceptors (Lipinski definition) is 1. The van der Waals surface area contributed by atoms with Gasteiger partial charge in [0.2, 0.25) is 0 Å². The second-order valence-corrected chi connectivity index (χ2v) is 4.53. The van der Waals surface area contributed by atoms with Crippen molar-refractivity contribution in [3.8, 4) is 0 Å². The lowest BCUT2D eigenvalue weighted by atomic mass is 9.91. The summed E-state index contributed by atoms with van der Waals surface area (Å²) in [6.45, 7) is 8.52. The Bertz CT molecular complexity index is 330. The lowest BCUT2D eigenvalue weighted by Gasteiger charge is -2.36. The molecule has 0 bridgehead atoms. The largest absolute Gasteiger partial charge is 0.305 e. The first-order valence-corrected chi connectivity index (χ1v) is 6.55. The predicted octanol–water partition coefficient (Wildman–Crippen LogP) is 3.96. The molecule has 1 aliphatic heterocycles. The second kappa shape index (κ2) is 6.27. The first kappa shape index (κ1) is 13.5. The Morgan fingerprint density at radius 1 is 1.31 bits per heavy atom. The molecule has 1 aromatic rings. The van der Waals surface area contributed by atoms with E-state index < -0.39 is 0 Å². The summed E-state index contributed by atoms with van der Waals surface area (Å²) in [5.41, 5.74) is 2.73. The molecule has 1 saturated heterocycles. The van der Waals surface area contributed by atoms with Gasteiger partial charge in [-0.05, 0) is 30.7 Å². The average molecular weight is 240 g/mol. The molecule has 1 aliphatic rings.